The lowest BCUT2D eigenvalue weighted by molar-refractivity contribution is 0.775. The average Bonchev–Trinajstić information content (AvgIpc) is 3.84. The minimum absolute atomic E-state index is 0.565. The van der Waals surface area contributed by atoms with Crippen molar-refractivity contribution in [3.63, 3.8) is 0 Å². The van der Waals surface area contributed by atoms with Gasteiger partial charge in [-0.05, 0) is 80.6 Å². The Kier molecular flexibility index (Phi) is 7.76. The summed E-state index contributed by atoms with van der Waals surface area (Å²) in [5.74, 6) is 0.695. The second-order valence-corrected chi connectivity index (χ2v) is 15.7. The van der Waals surface area contributed by atoms with Gasteiger partial charge in [0.2, 0.25) is 0 Å². The maximum atomic E-state index is 5.46. The first-order valence-electron chi connectivity index (χ1n) is 20.6. The van der Waals surface area contributed by atoms with E-state index in [2.05, 4.69) is 223 Å². The molecule has 3 heteroatoms. The van der Waals surface area contributed by atoms with Gasteiger partial charge in [-0.15, -0.1) is 0 Å². The molecular formula is C57H37N3. The first-order valence-corrected chi connectivity index (χ1v) is 20.6. The SMILES string of the molecule is c1ccc(-c2nc(-c3ccc(-n4c5ccccc5c5ccccc54)cc3)cc(-c3cc4ccccc4c4c3-c3ccccc3C4(c3ccccc3)c3ccccc3)n2)cc1. The molecule has 0 saturated carbocycles. The first-order chi connectivity index (χ1) is 29.8. The van der Waals surface area contributed by atoms with Crippen LogP contribution < -0.4 is 0 Å². The Hall–Kier alpha value is -7.88. The number of rotatable bonds is 6. The van der Waals surface area contributed by atoms with Crippen molar-refractivity contribution in [1.82, 2.24) is 14.5 Å². The number of hydrogen-bond donors (Lipinski definition) is 0. The van der Waals surface area contributed by atoms with Crippen LogP contribution in [0.3, 0.4) is 0 Å². The van der Waals surface area contributed by atoms with Crippen molar-refractivity contribution in [3.05, 3.63) is 247 Å². The summed E-state index contributed by atoms with van der Waals surface area (Å²) in [4.78, 5) is 10.8. The molecule has 3 nitrogen and oxygen atoms in total. The van der Waals surface area contributed by atoms with E-state index < -0.39 is 5.41 Å². The lowest BCUT2D eigenvalue weighted by Crippen LogP contribution is -2.28. The van der Waals surface area contributed by atoms with Crippen LogP contribution in [0.5, 0.6) is 0 Å². The molecule has 0 unspecified atom stereocenters. The summed E-state index contributed by atoms with van der Waals surface area (Å²) in [6.07, 6.45) is 0. The Balaban J connectivity index is 1.12. The van der Waals surface area contributed by atoms with Crippen molar-refractivity contribution in [2.45, 2.75) is 5.41 Å². The van der Waals surface area contributed by atoms with Crippen molar-refractivity contribution in [2.24, 2.45) is 0 Å². The van der Waals surface area contributed by atoms with Crippen molar-refractivity contribution in [2.75, 3.05) is 0 Å². The molecule has 2 heterocycles. The standard InChI is InChI=1S/C57H37N3/c1-4-18-39(19-5-1)56-58-50(38-32-34-43(35-33-38)60-52-30-16-13-26-45(52)46-27-14-17-31-53(46)60)37-51(59-56)48-36-40-20-10-11-25-44(40)55-54(48)47-28-12-15-29-49(47)57(55,41-21-6-2-7-22-41)42-23-8-3-9-24-42/h1-37H. The van der Waals surface area contributed by atoms with E-state index >= 15 is 0 Å². The van der Waals surface area contributed by atoms with Crippen molar-refractivity contribution >= 4 is 32.6 Å². The zero-order chi connectivity index (χ0) is 39.6. The molecular weight excluding hydrogens is 727 g/mol. The third-order valence-corrected chi connectivity index (χ3v) is 12.5. The van der Waals surface area contributed by atoms with E-state index in [9.17, 15) is 0 Å². The zero-order valence-electron chi connectivity index (χ0n) is 32.7. The molecule has 280 valence electrons. The van der Waals surface area contributed by atoms with Crippen LogP contribution in [0.15, 0.2) is 224 Å². The molecule has 0 radical (unpaired) electrons. The number of para-hydroxylation sites is 2. The van der Waals surface area contributed by atoms with Gasteiger partial charge in [0.15, 0.2) is 5.82 Å². The van der Waals surface area contributed by atoms with Crippen LogP contribution in [0.1, 0.15) is 22.3 Å². The Labute approximate surface area is 348 Å². The van der Waals surface area contributed by atoms with Crippen LogP contribution in [-0.4, -0.2) is 14.5 Å². The van der Waals surface area contributed by atoms with Gasteiger partial charge in [0.05, 0.1) is 27.8 Å². The van der Waals surface area contributed by atoms with E-state index in [-0.39, 0.29) is 0 Å². The van der Waals surface area contributed by atoms with Gasteiger partial charge in [0.25, 0.3) is 0 Å². The van der Waals surface area contributed by atoms with Gasteiger partial charge in [-0.3, -0.25) is 0 Å². The van der Waals surface area contributed by atoms with Crippen LogP contribution >= 0.6 is 0 Å². The van der Waals surface area contributed by atoms with E-state index in [0.717, 1.165) is 33.8 Å². The van der Waals surface area contributed by atoms with Crippen LogP contribution in [0.2, 0.25) is 0 Å². The number of fused-ring (bicyclic) bond motifs is 8. The molecule has 1 aliphatic rings. The molecule has 60 heavy (non-hydrogen) atoms. The van der Waals surface area contributed by atoms with Crippen molar-refractivity contribution in [3.8, 4) is 50.7 Å². The maximum Gasteiger partial charge on any atom is 0.160 e. The van der Waals surface area contributed by atoms with Crippen LogP contribution in [-0.2, 0) is 5.41 Å². The summed E-state index contributed by atoms with van der Waals surface area (Å²) in [7, 11) is 0. The Bertz CT molecular complexity index is 3310. The molecule has 0 aliphatic heterocycles. The van der Waals surface area contributed by atoms with Gasteiger partial charge in [0.1, 0.15) is 0 Å². The summed E-state index contributed by atoms with van der Waals surface area (Å²) in [5, 5.41) is 4.90. The van der Waals surface area contributed by atoms with Gasteiger partial charge < -0.3 is 4.57 Å². The molecule has 0 atom stereocenters. The van der Waals surface area contributed by atoms with Gasteiger partial charge in [0, 0.05) is 33.2 Å². The normalized spacial score (nSPS) is 12.8. The smallest absolute Gasteiger partial charge is 0.160 e. The molecule has 0 amide bonds. The topological polar surface area (TPSA) is 30.7 Å². The Morgan fingerprint density at radius 3 is 1.58 bits per heavy atom. The van der Waals surface area contributed by atoms with E-state index in [1.165, 1.54) is 66.0 Å². The highest BCUT2D eigenvalue weighted by atomic mass is 15.0. The predicted molar refractivity (Wildman–Crippen MR) is 247 cm³/mol. The maximum absolute atomic E-state index is 5.46. The van der Waals surface area contributed by atoms with Gasteiger partial charge in [-0.2, -0.15) is 0 Å². The molecule has 0 spiro atoms. The summed E-state index contributed by atoms with van der Waals surface area (Å²) in [6, 6.07) is 81.0. The number of hydrogen-bond acceptors (Lipinski definition) is 2. The largest absolute Gasteiger partial charge is 0.309 e. The third-order valence-electron chi connectivity index (χ3n) is 12.5. The van der Waals surface area contributed by atoms with E-state index in [4.69, 9.17) is 9.97 Å². The van der Waals surface area contributed by atoms with E-state index in [1.54, 1.807) is 0 Å². The Morgan fingerprint density at radius 2 is 0.917 bits per heavy atom. The second-order valence-electron chi connectivity index (χ2n) is 15.7. The molecule has 1 aliphatic carbocycles. The van der Waals surface area contributed by atoms with E-state index in [1.807, 2.05) is 6.07 Å². The quantitative estimate of drug-likeness (QED) is 0.169. The predicted octanol–water partition coefficient (Wildman–Crippen LogP) is 14.1. The van der Waals surface area contributed by atoms with Crippen LogP contribution in [0.25, 0.3) is 83.3 Å². The average molecular weight is 764 g/mol. The van der Waals surface area contributed by atoms with Crippen LogP contribution in [0.4, 0.5) is 0 Å². The number of benzene rings is 9. The molecule has 0 bridgehead atoms. The summed E-state index contributed by atoms with van der Waals surface area (Å²) < 4.78 is 2.36. The highest BCUT2D eigenvalue weighted by Crippen LogP contribution is 2.60. The fourth-order valence-electron chi connectivity index (χ4n) is 9.96. The van der Waals surface area contributed by atoms with Crippen molar-refractivity contribution in [1.29, 1.82) is 0 Å². The first kappa shape index (κ1) is 34.2. The van der Waals surface area contributed by atoms with E-state index in [0.29, 0.717) is 5.82 Å². The van der Waals surface area contributed by atoms with Gasteiger partial charge in [-0.1, -0.05) is 188 Å². The minimum Gasteiger partial charge on any atom is -0.309 e. The molecule has 2 aromatic heterocycles. The molecule has 12 rings (SSSR count). The minimum atomic E-state index is -0.565. The monoisotopic (exact) mass is 763 g/mol. The summed E-state index contributed by atoms with van der Waals surface area (Å²) in [6.45, 7) is 0. The highest BCUT2D eigenvalue weighted by molar-refractivity contribution is 6.09. The third kappa shape index (κ3) is 5.09. The molecule has 0 saturated heterocycles. The fourth-order valence-corrected chi connectivity index (χ4v) is 9.96. The molecule has 9 aromatic carbocycles. The Morgan fingerprint density at radius 1 is 0.383 bits per heavy atom. The summed E-state index contributed by atoms with van der Waals surface area (Å²) >= 11 is 0. The summed E-state index contributed by atoms with van der Waals surface area (Å²) in [5.41, 5.74) is 15.2. The van der Waals surface area contributed by atoms with Crippen molar-refractivity contribution < 1.29 is 0 Å². The molecule has 11 aromatic rings. The molecule has 0 N–H and O–H groups in total. The number of nitrogens with zero attached hydrogens (tertiary/aromatic N) is 3. The number of aromatic nitrogens is 3. The van der Waals surface area contributed by atoms with Crippen LogP contribution in [0, 0.1) is 0 Å². The lowest BCUT2D eigenvalue weighted by atomic mass is 9.66. The highest BCUT2D eigenvalue weighted by Gasteiger charge is 2.48. The molecule has 0 fully saturated rings. The van der Waals surface area contributed by atoms with Gasteiger partial charge >= 0.3 is 0 Å². The van der Waals surface area contributed by atoms with Gasteiger partial charge in [-0.25, -0.2) is 9.97 Å². The lowest BCUT2D eigenvalue weighted by Gasteiger charge is -2.34. The zero-order valence-corrected chi connectivity index (χ0v) is 32.7. The fraction of sp³-hybridized carbons (Fsp3) is 0.0175. The second kappa shape index (κ2) is 13.6.